The molecule has 3 heteroatoms. The highest BCUT2D eigenvalue weighted by molar-refractivity contribution is 5.69. The van der Waals surface area contributed by atoms with E-state index >= 15 is 0 Å². The first-order valence-corrected chi connectivity index (χ1v) is 8.60. The number of carbonyl (C=O) groups is 1. The molecule has 1 unspecified atom stereocenters. The molecule has 1 saturated heterocycles. The molecule has 1 atom stereocenters. The number of hydrogen-bond acceptors (Lipinski definition) is 3. The Kier molecular flexibility index (Phi) is 5.20. The fraction of sp³-hybridized carbons (Fsp3) is 0.650. The summed E-state index contributed by atoms with van der Waals surface area (Å²) in [6.45, 7) is 9.99. The lowest BCUT2D eigenvalue weighted by atomic mass is 9.85. The van der Waals surface area contributed by atoms with Gasteiger partial charge in [-0.2, -0.15) is 0 Å². The van der Waals surface area contributed by atoms with Gasteiger partial charge < -0.3 is 9.47 Å². The summed E-state index contributed by atoms with van der Waals surface area (Å²) in [4.78, 5) is 11.9. The van der Waals surface area contributed by atoms with E-state index in [1.807, 2.05) is 26.8 Å². The van der Waals surface area contributed by atoms with Crippen molar-refractivity contribution in [1.82, 2.24) is 0 Å². The Morgan fingerprint density at radius 3 is 2.35 bits per heavy atom. The monoisotopic (exact) mass is 318 g/mol. The van der Waals surface area contributed by atoms with Crippen molar-refractivity contribution in [3.05, 3.63) is 35.9 Å². The van der Waals surface area contributed by atoms with E-state index in [0.29, 0.717) is 6.42 Å². The van der Waals surface area contributed by atoms with Crippen LogP contribution in [0.25, 0.3) is 0 Å². The summed E-state index contributed by atoms with van der Waals surface area (Å²) in [5, 5.41) is 0. The molecule has 2 rings (SSSR count). The molecule has 23 heavy (non-hydrogen) atoms. The van der Waals surface area contributed by atoms with Crippen LogP contribution in [-0.4, -0.2) is 17.2 Å². The van der Waals surface area contributed by atoms with Crippen LogP contribution < -0.4 is 0 Å². The summed E-state index contributed by atoms with van der Waals surface area (Å²) in [7, 11) is 0. The van der Waals surface area contributed by atoms with Crippen LogP contribution in [-0.2, 0) is 19.9 Å². The van der Waals surface area contributed by atoms with Crippen molar-refractivity contribution >= 4 is 5.97 Å². The summed E-state index contributed by atoms with van der Waals surface area (Å²) < 4.78 is 11.9. The Morgan fingerprint density at radius 2 is 1.83 bits per heavy atom. The van der Waals surface area contributed by atoms with Crippen LogP contribution in [0.3, 0.4) is 0 Å². The van der Waals surface area contributed by atoms with E-state index in [-0.39, 0.29) is 17.2 Å². The van der Waals surface area contributed by atoms with Crippen molar-refractivity contribution in [3.8, 4) is 0 Å². The van der Waals surface area contributed by atoms with Crippen molar-refractivity contribution < 1.29 is 14.3 Å². The fourth-order valence-electron chi connectivity index (χ4n) is 3.31. The predicted octanol–water partition coefficient (Wildman–Crippen LogP) is 4.98. The van der Waals surface area contributed by atoms with Crippen LogP contribution in [0.4, 0.5) is 0 Å². The fourth-order valence-corrected chi connectivity index (χ4v) is 3.31. The quantitative estimate of drug-likeness (QED) is 0.718. The third-order valence-corrected chi connectivity index (χ3v) is 4.28. The summed E-state index contributed by atoms with van der Waals surface area (Å²) in [5.41, 5.74) is 0.420. The van der Waals surface area contributed by atoms with Crippen LogP contribution in [0.1, 0.15) is 72.3 Å². The van der Waals surface area contributed by atoms with Crippen LogP contribution in [0, 0.1) is 0 Å². The molecule has 0 amide bonds. The number of rotatable bonds is 5. The van der Waals surface area contributed by atoms with Gasteiger partial charge in [0.1, 0.15) is 5.60 Å². The summed E-state index contributed by atoms with van der Waals surface area (Å²) in [5.74, 6) is -0.127. The number of benzene rings is 1. The summed E-state index contributed by atoms with van der Waals surface area (Å²) in [6, 6.07) is 10.4. The Bertz CT molecular complexity index is 528. The maximum absolute atomic E-state index is 11.9. The third kappa shape index (κ3) is 5.07. The van der Waals surface area contributed by atoms with Crippen molar-refractivity contribution in [3.63, 3.8) is 0 Å². The maximum Gasteiger partial charge on any atom is 0.306 e. The second kappa shape index (κ2) is 6.64. The standard InChI is InChI=1S/C20H30O3/c1-18(2,3)22-17(21)12-9-13-20(15-14-19(4,5)23-20)16-10-7-6-8-11-16/h6-8,10-11H,9,12-15H2,1-5H3. The van der Waals surface area contributed by atoms with E-state index in [4.69, 9.17) is 9.47 Å². The van der Waals surface area contributed by atoms with Crippen molar-refractivity contribution in [2.24, 2.45) is 0 Å². The second-order valence-electron chi connectivity index (χ2n) is 8.16. The van der Waals surface area contributed by atoms with Crippen molar-refractivity contribution in [1.29, 1.82) is 0 Å². The van der Waals surface area contributed by atoms with Gasteiger partial charge in [0.15, 0.2) is 0 Å². The minimum absolute atomic E-state index is 0.109. The van der Waals surface area contributed by atoms with Gasteiger partial charge in [0.2, 0.25) is 0 Å². The third-order valence-electron chi connectivity index (χ3n) is 4.28. The smallest absolute Gasteiger partial charge is 0.306 e. The lowest BCUT2D eigenvalue weighted by molar-refractivity contribution is -0.155. The van der Waals surface area contributed by atoms with Crippen molar-refractivity contribution in [2.45, 2.75) is 83.5 Å². The Morgan fingerprint density at radius 1 is 1.17 bits per heavy atom. The van der Waals surface area contributed by atoms with Crippen LogP contribution in [0.15, 0.2) is 30.3 Å². The van der Waals surface area contributed by atoms with Crippen LogP contribution in [0.2, 0.25) is 0 Å². The molecule has 0 aliphatic carbocycles. The SMILES string of the molecule is CC(C)(C)OC(=O)CCCC1(c2ccccc2)CCC(C)(C)O1. The normalized spacial score (nSPS) is 23.7. The molecule has 0 radical (unpaired) electrons. The molecule has 1 aromatic rings. The van der Waals surface area contributed by atoms with E-state index < -0.39 is 5.60 Å². The van der Waals surface area contributed by atoms with Gasteiger partial charge in [0.25, 0.3) is 0 Å². The van der Waals surface area contributed by atoms with E-state index in [1.54, 1.807) is 0 Å². The van der Waals surface area contributed by atoms with Gasteiger partial charge >= 0.3 is 5.97 Å². The van der Waals surface area contributed by atoms with E-state index in [2.05, 4.69) is 38.1 Å². The van der Waals surface area contributed by atoms with E-state index in [0.717, 1.165) is 25.7 Å². The maximum atomic E-state index is 11.9. The first-order valence-electron chi connectivity index (χ1n) is 8.60. The summed E-state index contributed by atoms with van der Waals surface area (Å²) >= 11 is 0. The largest absolute Gasteiger partial charge is 0.460 e. The minimum atomic E-state index is -0.417. The zero-order valence-corrected chi connectivity index (χ0v) is 15.1. The van der Waals surface area contributed by atoms with Gasteiger partial charge in [-0.3, -0.25) is 4.79 Å². The molecular weight excluding hydrogens is 288 g/mol. The van der Waals surface area contributed by atoms with Gasteiger partial charge in [0.05, 0.1) is 11.2 Å². The molecule has 1 aliphatic heterocycles. The van der Waals surface area contributed by atoms with Crippen molar-refractivity contribution in [2.75, 3.05) is 0 Å². The van der Waals surface area contributed by atoms with Crippen LogP contribution in [0.5, 0.6) is 0 Å². The van der Waals surface area contributed by atoms with Gasteiger partial charge in [-0.15, -0.1) is 0 Å². The lowest BCUT2D eigenvalue weighted by Crippen LogP contribution is -2.30. The summed E-state index contributed by atoms with van der Waals surface area (Å²) in [6.07, 6.45) is 4.10. The van der Waals surface area contributed by atoms with E-state index in [9.17, 15) is 4.79 Å². The number of carbonyl (C=O) groups excluding carboxylic acids is 1. The highest BCUT2D eigenvalue weighted by Gasteiger charge is 2.44. The Balaban J connectivity index is 2.02. The van der Waals surface area contributed by atoms with Gasteiger partial charge in [-0.25, -0.2) is 0 Å². The molecule has 1 aromatic carbocycles. The number of hydrogen-bond donors (Lipinski definition) is 0. The topological polar surface area (TPSA) is 35.5 Å². The molecule has 1 aliphatic rings. The first-order chi connectivity index (χ1) is 10.6. The highest BCUT2D eigenvalue weighted by atomic mass is 16.6. The molecule has 0 bridgehead atoms. The molecule has 0 aromatic heterocycles. The zero-order chi connectivity index (χ0) is 17.1. The lowest BCUT2D eigenvalue weighted by Gasteiger charge is -2.32. The van der Waals surface area contributed by atoms with E-state index in [1.165, 1.54) is 5.56 Å². The molecule has 128 valence electrons. The predicted molar refractivity (Wildman–Crippen MR) is 92.2 cm³/mol. The van der Waals surface area contributed by atoms with Gasteiger partial charge in [-0.05, 0) is 65.9 Å². The molecule has 1 heterocycles. The molecule has 0 N–H and O–H groups in total. The Hall–Kier alpha value is -1.35. The molecule has 0 saturated carbocycles. The molecule has 1 fully saturated rings. The molecule has 0 spiro atoms. The first kappa shape index (κ1) is 18.0. The number of esters is 1. The minimum Gasteiger partial charge on any atom is -0.460 e. The highest BCUT2D eigenvalue weighted by Crippen LogP contribution is 2.47. The second-order valence-corrected chi connectivity index (χ2v) is 8.16. The van der Waals surface area contributed by atoms with Crippen LogP contribution >= 0.6 is 0 Å². The number of ether oxygens (including phenoxy) is 2. The molecule has 3 nitrogen and oxygen atoms in total. The Labute approximate surface area is 140 Å². The van der Waals surface area contributed by atoms with Gasteiger partial charge in [0, 0.05) is 6.42 Å². The molecular formula is C20H30O3. The average Bonchev–Trinajstić information content (AvgIpc) is 2.74. The average molecular weight is 318 g/mol. The zero-order valence-electron chi connectivity index (χ0n) is 15.1. The van der Waals surface area contributed by atoms with Gasteiger partial charge in [-0.1, -0.05) is 30.3 Å².